The van der Waals surface area contributed by atoms with Gasteiger partial charge in [-0.3, -0.25) is 0 Å². The number of nitrogens with zero attached hydrogens (tertiary/aromatic N) is 1. The van der Waals surface area contributed by atoms with E-state index in [-0.39, 0.29) is 0 Å². The van der Waals surface area contributed by atoms with Gasteiger partial charge in [-0.2, -0.15) is 5.12 Å². The van der Waals surface area contributed by atoms with Gasteiger partial charge in [-0.25, -0.2) is 10.9 Å². The molecule has 74 valence electrons. The van der Waals surface area contributed by atoms with Gasteiger partial charge in [-0.15, -0.1) is 0 Å². The number of hydrogen-bond acceptors (Lipinski definition) is 4. The summed E-state index contributed by atoms with van der Waals surface area (Å²) in [6, 6.07) is 0. The van der Waals surface area contributed by atoms with Gasteiger partial charge in [0.2, 0.25) is 0 Å². The van der Waals surface area contributed by atoms with Gasteiger partial charge in [0.15, 0.2) is 0 Å². The van der Waals surface area contributed by atoms with Crippen LogP contribution >= 0.6 is 0 Å². The van der Waals surface area contributed by atoms with Crippen molar-refractivity contribution >= 4 is 0 Å². The van der Waals surface area contributed by atoms with E-state index in [1.165, 1.54) is 0 Å². The van der Waals surface area contributed by atoms with Gasteiger partial charge >= 0.3 is 0 Å². The topological polar surface area (TPSA) is 36.5 Å². The van der Waals surface area contributed by atoms with Gasteiger partial charge < -0.3 is 4.74 Å². The number of ether oxygens (including phenoxy) is 1. The third-order valence-electron chi connectivity index (χ3n) is 1.56. The summed E-state index contributed by atoms with van der Waals surface area (Å²) >= 11 is 0. The van der Waals surface area contributed by atoms with Gasteiger partial charge in [0, 0.05) is 33.9 Å². The minimum absolute atomic E-state index is 0.841. The molecule has 0 saturated carbocycles. The minimum atomic E-state index is 0.841. The summed E-state index contributed by atoms with van der Waals surface area (Å²) in [4.78, 5) is 0. The highest BCUT2D eigenvalue weighted by molar-refractivity contribution is 4.42. The Balaban J connectivity index is 3.06. The quantitative estimate of drug-likeness (QED) is 0.413. The van der Waals surface area contributed by atoms with Gasteiger partial charge in [-0.05, 0) is 12.8 Å². The number of nitrogens with one attached hydrogen (secondary N) is 2. The predicted octanol–water partition coefficient (Wildman–Crippen LogP) is 0.374. The predicted molar refractivity (Wildman–Crippen MR) is 50.6 cm³/mol. The molecule has 0 heterocycles. The van der Waals surface area contributed by atoms with Crippen molar-refractivity contribution in [1.82, 2.24) is 16.0 Å². The molecule has 0 aromatic heterocycles. The molecule has 0 rings (SSSR count). The average molecular weight is 175 g/mol. The third kappa shape index (κ3) is 6.54. The monoisotopic (exact) mass is 175 g/mol. The second kappa shape index (κ2) is 8.93. The van der Waals surface area contributed by atoms with E-state index < -0.39 is 0 Å². The first-order chi connectivity index (χ1) is 5.85. The van der Waals surface area contributed by atoms with Crippen molar-refractivity contribution in [1.29, 1.82) is 0 Å². The maximum atomic E-state index is 5.34. The van der Waals surface area contributed by atoms with Crippen LogP contribution in [0.5, 0.6) is 0 Å². The molecule has 0 unspecified atom stereocenters. The summed E-state index contributed by atoms with van der Waals surface area (Å²) < 4.78 is 5.34. The van der Waals surface area contributed by atoms with Crippen molar-refractivity contribution in [2.45, 2.75) is 19.8 Å². The van der Waals surface area contributed by atoms with E-state index in [0.29, 0.717) is 0 Å². The zero-order chi connectivity index (χ0) is 9.23. The Hall–Kier alpha value is -0.160. The van der Waals surface area contributed by atoms with Crippen LogP contribution in [0, 0.1) is 0 Å². The van der Waals surface area contributed by atoms with Crippen LogP contribution in [0.25, 0.3) is 0 Å². The van der Waals surface area contributed by atoms with E-state index in [0.717, 1.165) is 32.6 Å². The van der Waals surface area contributed by atoms with E-state index >= 15 is 0 Å². The molecule has 2 N–H and O–H groups in total. The van der Waals surface area contributed by atoms with Crippen LogP contribution in [0.15, 0.2) is 0 Å². The van der Waals surface area contributed by atoms with Crippen LogP contribution in [-0.4, -0.2) is 39.0 Å². The molecule has 0 fully saturated rings. The fraction of sp³-hybridized carbons (Fsp3) is 1.00. The van der Waals surface area contributed by atoms with Crippen LogP contribution < -0.4 is 10.9 Å². The van der Waals surface area contributed by atoms with Crippen LogP contribution in [0.1, 0.15) is 19.8 Å². The zero-order valence-corrected chi connectivity index (χ0v) is 8.39. The average Bonchev–Trinajstić information content (AvgIpc) is 2.11. The minimum Gasteiger partial charge on any atom is -0.381 e. The molecule has 0 atom stereocenters. The molecule has 0 aliphatic carbocycles. The largest absolute Gasteiger partial charge is 0.381 e. The third-order valence-corrected chi connectivity index (χ3v) is 1.56. The summed E-state index contributed by atoms with van der Waals surface area (Å²) in [5.74, 6) is 0. The van der Waals surface area contributed by atoms with Crippen LogP contribution in [0.2, 0.25) is 0 Å². The molecule has 12 heavy (non-hydrogen) atoms. The van der Waals surface area contributed by atoms with Gasteiger partial charge in [0.05, 0.1) is 0 Å². The molecule has 0 radical (unpaired) electrons. The highest BCUT2D eigenvalue weighted by Crippen LogP contribution is 1.86. The molecule has 0 aromatic carbocycles. The molecule has 0 aliphatic heterocycles. The molecule has 0 saturated heterocycles. The Labute approximate surface area is 75.2 Å². The number of hydrogen-bond donors (Lipinski definition) is 2. The van der Waals surface area contributed by atoms with Gasteiger partial charge in [0.25, 0.3) is 0 Å². The Morgan fingerprint density at radius 1 is 1.17 bits per heavy atom. The maximum Gasteiger partial charge on any atom is 0.0479 e. The molecule has 0 aromatic rings. The summed E-state index contributed by atoms with van der Waals surface area (Å²) in [6.45, 7) is 4.79. The van der Waals surface area contributed by atoms with Crippen molar-refractivity contribution in [3.05, 3.63) is 0 Å². The lowest BCUT2D eigenvalue weighted by Crippen LogP contribution is -2.44. The Morgan fingerprint density at radius 2 is 1.83 bits per heavy atom. The van der Waals surface area contributed by atoms with Gasteiger partial charge in [-0.1, -0.05) is 6.92 Å². The van der Waals surface area contributed by atoms with E-state index in [1.807, 2.05) is 19.2 Å². The smallest absolute Gasteiger partial charge is 0.0479 e. The Morgan fingerprint density at radius 3 is 2.33 bits per heavy atom. The zero-order valence-electron chi connectivity index (χ0n) is 8.39. The summed E-state index contributed by atoms with van der Waals surface area (Å²) in [6.07, 6.45) is 2.14. The summed E-state index contributed by atoms with van der Waals surface area (Å²) in [5.41, 5.74) is 6.02. The Bertz CT molecular complexity index is 86.4. The number of hydrazine groups is 2. The van der Waals surface area contributed by atoms with Crippen LogP contribution in [-0.2, 0) is 4.74 Å². The lowest BCUT2D eigenvalue weighted by atomic mass is 10.4. The highest BCUT2D eigenvalue weighted by atomic mass is 16.5. The lowest BCUT2D eigenvalue weighted by Gasteiger charge is -2.18. The van der Waals surface area contributed by atoms with Crippen molar-refractivity contribution < 1.29 is 4.74 Å². The van der Waals surface area contributed by atoms with Gasteiger partial charge in [0.1, 0.15) is 0 Å². The molecular weight excluding hydrogens is 154 g/mol. The molecular formula is C8H21N3O. The molecule has 4 heteroatoms. The maximum absolute atomic E-state index is 5.34. The fourth-order valence-electron chi connectivity index (χ4n) is 0.907. The summed E-state index contributed by atoms with van der Waals surface area (Å²) in [7, 11) is 3.78. The molecule has 0 bridgehead atoms. The second-order valence-corrected chi connectivity index (χ2v) is 2.56. The molecule has 0 amide bonds. The van der Waals surface area contributed by atoms with E-state index in [2.05, 4.69) is 17.8 Å². The molecule has 4 nitrogen and oxygen atoms in total. The van der Waals surface area contributed by atoms with E-state index in [9.17, 15) is 0 Å². The first-order valence-electron chi connectivity index (χ1n) is 4.55. The Kier molecular flexibility index (Phi) is 8.81. The first kappa shape index (κ1) is 11.8. The number of rotatable bonds is 8. The van der Waals surface area contributed by atoms with Crippen molar-refractivity contribution in [3.8, 4) is 0 Å². The van der Waals surface area contributed by atoms with E-state index in [4.69, 9.17) is 4.74 Å². The molecule has 0 aliphatic rings. The lowest BCUT2D eigenvalue weighted by molar-refractivity contribution is 0.0946. The highest BCUT2D eigenvalue weighted by Gasteiger charge is 1.96. The van der Waals surface area contributed by atoms with Crippen molar-refractivity contribution in [2.75, 3.05) is 33.9 Å². The fourth-order valence-corrected chi connectivity index (χ4v) is 0.907. The van der Waals surface area contributed by atoms with Crippen molar-refractivity contribution in [2.24, 2.45) is 0 Å². The van der Waals surface area contributed by atoms with E-state index in [1.54, 1.807) is 0 Å². The second-order valence-electron chi connectivity index (χ2n) is 2.56. The van der Waals surface area contributed by atoms with Crippen molar-refractivity contribution in [3.63, 3.8) is 0 Å². The standard InChI is InChI=1S/C8H21N3O/c1-4-7-12-8-5-6-11(9-2)10-3/h9-10H,4-8H2,1-3H3. The normalized spacial score (nSPS) is 11.0. The SMILES string of the molecule is CCCOCCCN(NC)NC. The van der Waals surface area contributed by atoms with Crippen LogP contribution in [0.4, 0.5) is 0 Å². The first-order valence-corrected chi connectivity index (χ1v) is 4.55. The van der Waals surface area contributed by atoms with Crippen LogP contribution in [0.3, 0.4) is 0 Å². The summed E-state index contributed by atoms with van der Waals surface area (Å²) in [5, 5.41) is 1.93. The molecule has 0 spiro atoms.